The molecule has 0 N–H and O–H groups in total. The molecule has 1 aromatic rings. The van der Waals surface area contributed by atoms with Gasteiger partial charge in [-0.2, -0.15) is 0 Å². The van der Waals surface area contributed by atoms with Crippen molar-refractivity contribution in [3.05, 3.63) is 42.5 Å². The smallest absolute Gasteiger partial charge is 0.311 e. The molecule has 0 unspecified atom stereocenters. The van der Waals surface area contributed by atoms with Gasteiger partial charge in [-0.05, 0) is 24.5 Å². The minimum absolute atomic E-state index is 0. The van der Waals surface area contributed by atoms with Gasteiger partial charge in [0.05, 0.1) is 0 Å². The molecule has 0 bridgehead atoms. The molecule has 0 fully saturated rings. The standard InChI is InChI=1S/C13H16O2.2CH4/c1-3-7-11-9-5-6-10-12(11)15-13(14)8-4-2;;/h3,5-6,9-10H,1,4,7-8H2,2H3;2*1H4. The van der Waals surface area contributed by atoms with Crippen LogP contribution < -0.4 is 4.74 Å². The maximum atomic E-state index is 11.3. The van der Waals surface area contributed by atoms with E-state index in [2.05, 4.69) is 6.58 Å². The van der Waals surface area contributed by atoms with Gasteiger partial charge in [0, 0.05) is 6.42 Å². The predicted molar refractivity (Wildman–Crippen MR) is 74.3 cm³/mol. The van der Waals surface area contributed by atoms with Crippen LogP contribution in [-0.2, 0) is 11.2 Å². The van der Waals surface area contributed by atoms with Crippen molar-refractivity contribution in [1.29, 1.82) is 0 Å². The van der Waals surface area contributed by atoms with Crippen molar-refractivity contribution in [3.8, 4) is 5.75 Å². The number of allylic oxidation sites excluding steroid dienone is 1. The third kappa shape index (κ3) is 5.91. The zero-order chi connectivity index (χ0) is 11.1. The molecular formula is C15H24O2. The second-order valence-corrected chi connectivity index (χ2v) is 3.32. The molecule has 0 aliphatic carbocycles. The van der Waals surface area contributed by atoms with E-state index in [1.165, 1.54) is 0 Å². The highest BCUT2D eigenvalue weighted by Gasteiger charge is 2.06. The van der Waals surface area contributed by atoms with Crippen LogP contribution in [0.1, 0.15) is 40.2 Å². The van der Waals surface area contributed by atoms with E-state index >= 15 is 0 Å². The molecule has 0 saturated heterocycles. The van der Waals surface area contributed by atoms with Crippen molar-refractivity contribution in [2.45, 2.75) is 41.0 Å². The summed E-state index contributed by atoms with van der Waals surface area (Å²) in [5.41, 5.74) is 0.997. The van der Waals surface area contributed by atoms with E-state index in [0.717, 1.165) is 18.4 Å². The van der Waals surface area contributed by atoms with Gasteiger partial charge in [0.2, 0.25) is 0 Å². The van der Waals surface area contributed by atoms with E-state index in [0.29, 0.717) is 12.2 Å². The van der Waals surface area contributed by atoms with Crippen molar-refractivity contribution < 1.29 is 9.53 Å². The van der Waals surface area contributed by atoms with E-state index in [1.54, 1.807) is 6.08 Å². The van der Waals surface area contributed by atoms with E-state index in [1.807, 2.05) is 31.2 Å². The van der Waals surface area contributed by atoms with Crippen molar-refractivity contribution >= 4 is 5.97 Å². The third-order valence-corrected chi connectivity index (χ3v) is 2.01. The topological polar surface area (TPSA) is 26.3 Å². The van der Waals surface area contributed by atoms with E-state index in [9.17, 15) is 4.79 Å². The van der Waals surface area contributed by atoms with Gasteiger partial charge < -0.3 is 4.74 Å². The van der Waals surface area contributed by atoms with Crippen LogP contribution in [0.3, 0.4) is 0 Å². The summed E-state index contributed by atoms with van der Waals surface area (Å²) in [4.78, 5) is 11.3. The summed E-state index contributed by atoms with van der Waals surface area (Å²) in [5, 5.41) is 0. The van der Waals surface area contributed by atoms with E-state index in [-0.39, 0.29) is 20.8 Å². The second kappa shape index (κ2) is 9.64. The molecule has 17 heavy (non-hydrogen) atoms. The van der Waals surface area contributed by atoms with Crippen LogP contribution in [0.5, 0.6) is 5.75 Å². The van der Waals surface area contributed by atoms with Crippen LogP contribution in [0.2, 0.25) is 0 Å². The highest BCUT2D eigenvalue weighted by atomic mass is 16.5. The average molecular weight is 236 g/mol. The maximum absolute atomic E-state index is 11.3. The predicted octanol–water partition coefficient (Wildman–Crippen LogP) is 4.39. The Morgan fingerprint density at radius 2 is 2.00 bits per heavy atom. The first kappa shape index (κ1) is 17.8. The van der Waals surface area contributed by atoms with Crippen molar-refractivity contribution in [3.63, 3.8) is 0 Å². The number of rotatable bonds is 5. The first-order valence-corrected chi connectivity index (χ1v) is 5.17. The monoisotopic (exact) mass is 236 g/mol. The Kier molecular flexibility index (Phi) is 10.1. The molecule has 0 heterocycles. The first-order valence-electron chi connectivity index (χ1n) is 5.17. The summed E-state index contributed by atoms with van der Waals surface area (Å²) >= 11 is 0. The van der Waals surface area contributed by atoms with Crippen molar-refractivity contribution in [2.24, 2.45) is 0 Å². The van der Waals surface area contributed by atoms with Gasteiger partial charge in [-0.1, -0.05) is 46.1 Å². The molecule has 0 radical (unpaired) electrons. The molecule has 0 aromatic heterocycles. The molecular weight excluding hydrogens is 212 g/mol. The number of benzene rings is 1. The van der Waals surface area contributed by atoms with Crippen molar-refractivity contribution in [1.82, 2.24) is 0 Å². The van der Waals surface area contributed by atoms with E-state index < -0.39 is 0 Å². The fourth-order valence-electron chi connectivity index (χ4n) is 1.31. The average Bonchev–Trinajstić information content (AvgIpc) is 2.21. The molecule has 0 amide bonds. The van der Waals surface area contributed by atoms with Gasteiger partial charge in [0.15, 0.2) is 0 Å². The number of carbonyl (C=O) groups is 1. The first-order chi connectivity index (χ1) is 7.27. The maximum Gasteiger partial charge on any atom is 0.311 e. The molecule has 0 saturated carbocycles. The summed E-state index contributed by atoms with van der Waals surface area (Å²) < 4.78 is 5.25. The number of carbonyl (C=O) groups excluding carboxylic acids is 1. The zero-order valence-corrected chi connectivity index (χ0v) is 9.03. The van der Waals surface area contributed by atoms with Crippen LogP contribution in [0.15, 0.2) is 36.9 Å². The Morgan fingerprint density at radius 1 is 1.35 bits per heavy atom. The molecule has 2 nitrogen and oxygen atoms in total. The number of para-hydroxylation sites is 1. The second-order valence-electron chi connectivity index (χ2n) is 3.32. The summed E-state index contributed by atoms with van der Waals surface area (Å²) in [6.45, 7) is 5.63. The molecule has 96 valence electrons. The van der Waals surface area contributed by atoms with Crippen LogP contribution in [0, 0.1) is 0 Å². The van der Waals surface area contributed by atoms with Crippen LogP contribution in [-0.4, -0.2) is 5.97 Å². The zero-order valence-electron chi connectivity index (χ0n) is 9.03. The van der Waals surface area contributed by atoms with Gasteiger partial charge in [0.25, 0.3) is 0 Å². The van der Waals surface area contributed by atoms with Crippen LogP contribution in [0.25, 0.3) is 0 Å². The summed E-state index contributed by atoms with van der Waals surface area (Å²) in [7, 11) is 0. The Bertz CT molecular complexity index is 343. The molecule has 2 heteroatoms. The minimum atomic E-state index is -0.172. The summed E-state index contributed by atoms with van der Waals surface area (Å²) in [5.74, 6) is 0.477. The lowest BCUT2D eigenvalue weighted by Crippen LogP contribution is -2.08. The molecule has 0 spiro atoms. The summed E-state index contributed by atoms with van der Waals surface area (Å²) in [6, 6.07) is 7.54. The Hall–Kier alpha value is -1.57. The van der Waals surface area contributed by atoms with E-state index in [4.69, 9.17) is 4.74 Å². The highest BCUT2D eigenvalue weighted by molar-refractivity contribution is 5.72. The number of ether oxygens (including phenoxy) is 1. The fourth-order valence-corrected chi connectivity index (χ4v) is 1.31. The molecule has 1 aromatic carbocycles. The molecule has 1 rings (SSSR count). The van der Waals surface area contributed by atoms with Crippen molar-refractivity contribution in [2.75, 3.05) is 0 Å². The number of hydrogen-bond acceptors (Lipinski definition) is 2. The lowest BCUT2D eigenvalue weighted by atomic mass is 10.1. The Morgan fingerprint density at radius 3 is 2.59 bits per heavy atom. The van der Waals surface area contributed by atoms with Gasteiger partial charge in [-0.25, -0.2) is 0 Å². The normalized spacial score (nSPS) is 8.53. The molecule has 0 atom stereocenters. The fraction of sp³-hybridized carbons (Fsp3) is 0.400. The minimum Gasteiger partial charge on any atom is -0.426 e. The Labute approximate surface area is 105 Å². The Balaban J connectivity index is 0. The van der Waals surface area contributed by atoms with Crippen LogP contribution in [0.4, 0.5) is 0 Å². The summed E-state index contributed by atoms with van der Waals surface area (Å²) in [6.07, 6.45) is 3.78. The lowest BCUT2D eigenvalue weighted by Gasteiger charge is -2.07. The number of hydrogen-bond donors (Lipinski definition) is 0. The SMILES string of the molecule is C.C.C=CCc1ccccc1OC(=O)CCC. The molecule has 0 aliphatic heterocycles. The van der Waals surface area contributed by atoms with Gasteiger partial charge >= 0.3 is 5.97 Å². The highest BCUT2D eigenvalue weighted by Crippen LogP contribution is 2.19. The van der Waals surface area contributed by atoms with Gasteiger partial charge in [0.1, 0.15) is 5.75 Å². The third-order valence-electron chi connectivity index (χ3n) is 2.01. The van der Waals surface area contributed by atoms with Gasteiger partial charge in [-0.3, -0.25) is 4.79 Å². The number of esters is 1. The van der Waals surface area contributed by atoms with Crippen LogP contribution >= 0.6 is 0 Å². The quantitative estimate of drug-likeness (QED) is 0.430. The largest absolute Gasteiger partial charge is 0.426 e. The lowest BCUT2D eigenvalue weighted by molar-refractivity contribution is -0.134. The molecule has 0 aliphatic rings. The van der Waals surface area contributed by atoms with Gasteiger partial charge in [-0.15, -0.1) is 6.58 Å².